The number of unbranched alkanes of at least 4 members (excludes halogenated alkanes) is 1. The number of hydrogen-bond donors (Lipinski definition) is 2. The summed E-state index contributed by atoms with van der Waals surface area (Å²) in [7, 11) is 1.76. The smallest absolute Gasteiger partial charge is 0.228 e. The van der Waals surface area contributed by atoms with Crippen LogP contribution in [0.2, 0.25) is 0 Å². The van der Waals surface area contributed by atoms with Gasteiger partial charge in [0.1, 0.15) is 0 Å². The number of aryl methyl sites for hydroxylation is 1. The first-order valence-corrected chi connectivity index (χ1v) is 6.18. The molecule has 0 radical (unpaired) electrons. The summed E-state index contributed by atoms with van der Waals surface area (Å²) in [6, 6.07) is 0. The Morgan fingerprint density at radius 2 is 2.29 bits per heavy atom. The molecule has 3 N–H and O–H groups in total. The van der Waals surface area contributed by atoms with E-state index < -0.39 is 0 Å². The summed E-state index contributed by atoms with van der Waals surface area (Å²) in [6.45, 7) is 4.16. The zero-order valence-electron chi connectivity index (χ0n) is 10.9. The van der Waals surface area contributed by atoms with E-state index in [0.29, 0.717) is 11.5 Å². The molecule has 5 nitrogen and oxygen atoms in total. The molecule has 96 valence electrons. The quantitative estimate of drug-likeness (QED) is 0.797. The van der Waals surface area contributed by atoms with Crippen LogP contribution in [0.5, 0.6) is 0 Å². The lowest BCUT2D eigenvalue weighted by Crippen LogP contribution is -2.24. The highest BCUT2D eigenvalue weighted by Gasteiger charge is 2.18. The molecule has 0 saturated heterocycles. The second kappa shape index (κ2) is 6.27. The van der Waals surface area contributed by atoms with E-state index >= 15 is 0 Å². The number of nitrogen functional groups attached to an aromatic ring is 1. The predicted octanol–water partition coefficient (Wildman–Crippen LogP) is 2.16. The summed E-state index contributed by atoms with van der Waals surface area (Å²) in [4.78, 5) is 12.0. The van der Waals surface area contributed by atoms with E-state index in [1.807, 2.05) is 6.92 Å². The van der Waals surface area contributed by atoms with E-state index in [4.69, 9.17) is 5.73 Å². The largest absolute Gasteiger partial charge is 0.394 e. The average Bonchev–Trinajstić information content (AvgIpc) is 2.62. The number of nitrogens with two attached hydrogens (primary N) is 1. The van der Waals surface area contributed by atoms with Gasteiger partial charge in [0.15, 0.2) is 5.82 Å². The highest BCUT2D eigenvalue weighted by molar-refractivity contribution is 5.94. The number of nitrogens with one attached hydrogen (secondary N) is 1. The van der Waals surface area contributed by atoms with Crippen LogP contribution < -0.4 is 11.1 Å². The van der Waals surface area contributed by atoms with E-state index in [1.54, 1.807) is 17.9 Å². The molecule has 0 aliphatic carbocycles. The van der Waals surface area contributed by atoms with E-state index in [0.717, 1.165) is 25.7 Å². The third-order valence-corrected chi connectivity index (χ3v) is 2.98. The Morgan fingerprint density at radius 1 is 1.59 bits per heavy atom. The lowest BCUT2D eigenvalue weighted by Gasteiger charge is -2.14. The first-order valence-electron chi connectivity index (χ1n) is 6.18. The van der Waals surface area contributed by atoms with Crippen molar-refractivity contribution < 1.29 is 4.79 Å². The number of aromatic nitrogens is 2. The molecular weight excluding hydrogens is 216 g/mol. The van der Waals surface area contributed by atoms with Crippen molar-refractivity contribution in [2.45, 2.75) is 39.5 Å². The Bertz CT molecular complexity index is 353. The van der Waals surface area contributed by atoms with Crippen LogP contribution >= 0.6 is 0 Å². The minimum atomic E-state index is 0.0382. The number of rotatable bonds is 6. The topological polar surface area (TPSA) is 72.9 Å². The summed E-state index contributed by atoms with van der Waals surface area (Å²) >= 11 is 0. The van der Waals surface area contributed by atoms with Crippen LogP contribution in [0.25, 0.3) is 0 Å². The molecule has 1 amide bonds. The maximum atomic E-state index is 12.0. The van der Waals surface area contributed by atoms with Crippen molar-refractivity contribution >= 4 is 17.4 Å². The monoisotopic (exact) mass is 238 g/mol. The molecule has 17 heavy (non-hydrogen) atoms. The normalized spacial score (nSPS) is 12.4. The van der Waals surface area contributed by atoms with Gasteiger partial charge < -0.3 is 11.1 Å². The first-order chi connectivity index (χ1) is 8.10. The Morgan fingerprint density at radius 3 is 2.76 bits per heavy atom. The lowest BCUT2D eigenvalue weighted by molar-refractivity contribution is -0.120. The summed E-state index contributed by atoms with van der Waals surface area (Å²) in [5.74, 6) is 0.686. The number of anilines is 2. The molecule has 5 heteroatoms. The van der Waals surface area contributed by atoms with Crippen LogP contribution in [-0.2, 0) is 11.8 Å². The van der Waals surface area contributed by atoms with Crippen molar-refractivity contribution in [3.05, 3.63) is 6.20 Å². The van der Waals surface area contributed by atoms with Gasteiger partial charge in [-0.1, -0.05) is 26.7 Å². The fourth-order valence-electron chi connectivity index (χ4n) is 1.80. The van der Waals surface area contributed by atoms with Crippen LogP contribution in [0, 0.1) is 5.92 Å². The zero-order chi connectivity index (χ0) is 12.8. The van der Waals surface area contributed by atoms with Gasteiger partial charge in [0.25, 0.3) is 0 Å². The molecule has 0 saturated carbocycles. The molecule has 1 unspecified atom stereocenters. The van der Waals surface area contributed by atoms with Crippen LogP contribution in [0.3, 0.4) is 0 Å². The maximum absolute atomic E-state index is 12.0. The van der Waals surface area contributed by atoms with Gasteiger partial charge in [0.2, 0.25) is 5.91 Å². The molecule has 1 aromatic heterocycles. The van der Waals surface area contributed by atoms with Crippen LogP contribution in [-0.4, -0.2) is 15.7 Å². The molecule has 0 aliphatic rings. The SMILES string of the molecule is CCCCC(CC)C(=O)Nc1c(N)cnn1C. The van der Waals surface area contributed by atoms with Gasteiger partial charge in [0.05, 0.1) is 11.9 Å². The fraction of sp³-hybridized carbons (Fsp3) is 0.667. The summed E-state index contributed by atoms with van der Waals surface area (Å²) in [5, 5.41) is 6.85. The van der Waals surface area contributed by atoms with Gasteiger partial charge in [-0.2, -0.15) is 5.10 Å². The number of amides is 1. The van der Waals surface area contributed by atoms with Gasteiger partial charge in [-0.05, 0) is 12.8 Å². The van der Waals surface area contributed by atoms with E-state index in [2.05, 4.69) is 17.3 Å². The Labute approximate surface area is 102 Å². The molecule has 1 atom stereocenters. The highest BCUT2D eigenvalue weighted by Crippen LogP contribution is 2.19. The number of carbonyl (C=O) groups excluding carboxylic acids is 1. The van der Waals surface area contributed by atoms with Gasteiger partial charge in [-0.25, -0.2) is 0 Å². The van der Waals surface area contributed by atoms with Crippen LogP contribution in [0.1, 0.15) is 39.5 Å². The number of hydrogen-bond acceptors (Lipinski definition) is 3. The van der Waals surface area contributed by atoms with Crippen molar-refractivity contribution in [3.8, 4) is 0 Å². The van der Waals surface area contributed by atoms with Crippen molar-refractivity contribution in [2.24, 2.45) is 13.0 Å². The Balaban J connectivity index is 2.64. The summed E-state index contributed by atoms with van der Waals surface area (Å²) in [6.07, 6.45) is 5.51. The standard InChI is InChI=1S/C12H22N4O/c1-4-6-7-9(5-2)12(17)15-11-10(13)8-14-16(11)3/h8-9H,4-7,13H2,1-3H3,(H,15,17). The number of carbonyl (C=O) groups is 1. The fourth-order valence-corrected chi connectivity index (χ4v) is 1.80. The molecule has 1 heterocycles. The van der Waals surface area contributed by atoms with Gasteiger partial charge >= 0.3 is 0 Å². The molecule has 0 fully saturated rings. The minimum Gasteiger partial charge on any atom is -0.394 e. The number of nitrogens with zero attached hydrogens (tertiary/aromatic N) is 2. The molecule has 1 aromatic rings. The molecular formula is C12H22N4O. The third kappa shape index (κ3) is 3.47. The van der Waals surface area contributed by atoms with Crippen LogP contribution in [0.15, 0.2) is 6.20 Å². The van der Waals surface area contributed by atoms with E-state index in [1.165, 1.54) is 0 Å². The van der Waals surface area contributed by atoms with Crippen molar-refractivity contribution in [2.75, 3.05) is 11.1 Å². The average molecular weight is 238 g/mol. The molecule has 0 spiro atoms. The second-order valence-electron chi connectivity index (χ2n) is 4.31. The summed E-state index contributed by atoms with van der Waals surface area (Å²) in [5.41, 5.74) is 6.24. The van der Waals surface area contributed by atoms with Gasteiger partial charge in [-0.3, -0.25) is 9.48 Å². The second-order valence-corrected chi connectivity index (χ2v) is 4.31. The first kappa shape index (κ1) is 13.5. The van der Waals surface area contributed by atoms with Gasteiger partial charge in [0, 0.05) is 13.0 Å². The molecule has 1 rings (SSSR count). The Kier molecular flexibility index (Phi) is 5.00. The molecule has 0 aromatic carbocycles. The van der Waals surface area contributed by atoms with Gasteiger partial charge in [-0.15, -0.1) is 0 Å². The van der Waals surface area contributed by atoms with Crippen molar-refractivity contribution in [1.29, 1.82) is 0 Å². The summed E-state index contributed by atoms with van der Waals surface area (Å²) < 4.78 is 1.58. The minimum absolute atomic E-state index is 0.0382. The molecule has 0 bridgehead atoms. The van der Waals surface area contributed by atoms with E-state index in [9.17, 15) is 4.79 Å². The molecule has 0 aliphatic heterocycles. The van der Waals surface area contributed by atoms with E-state index in [-0.39, 0.29) is 11.8 Å². The highest BCUT2D eigenvalue weighted by atomic mass is 16.2. The predicted molar refractivity (Wildman–Crippen MR) is 69.6 cm³/mol. The third-order valence-electron chi connectivity index (χ3n) is 2.98. The van der Waals surface area contributed by atoms with Crippen LogP contribution in [0.4, 0.5) is 11.5 Å². The van der Waals surface area contributed by atoms with Crippen molar-refractivity contribution in [3.63, 3.8) is 0 Å². The maximum Gasteiger partial charge on any atom is 0.228 e. The zero-order valence-corrected chi connectivity index (χ0v) is 10.9. The lowest BCUT2D eigenvalue weighted by atomic mass is 9.98. The van der Waals surface area contributed by atoms with Crippen molar-refractivity contribution in [1.82, 2.24) is 9.78 Å². The Hall–Kier alpha value is -1.52.